The highest BCUT2D eigenvalue weighted by atomic mass is 16.6. The molecule has 0 radical (unpaired) electrons. The van der Waals surface area contributed by atoms with Crippen molar-refractivity contribution in [1.82, 2.24) is 0 Å². The van der Waals surface area contributed by atoms with E-state index in [4.69, 9.17) is 0 Å². The second-order valence-electron chi connectivity index (χ2n) is 5.08. The molecule has 0 N–H and O–H groups in total. The topological polar surface area (TPSA) is 60.2 Å². The van der Waals surface area contributed by atoms with Gasteiger partial charge in [0, 0.05) is 24.5 Å². The van der Waals surface area contributed by atoms with Crippen molar-refractivity contribution < 1.29 is 9.72 Å². The summed E-state index contributed by atoms with van der Waals surface area (Å²) in [5.74, 6) is 0.935. The minimum Gasteiger partial charge on any atom is -0.299 e. The van der Waals surface area contributed by atoms with E-state index in [0.29, 0.717) is 12.3 Å². The molecule has 1 aliphatic rings. The van der Waals surface area contributed by atoms with Crippen LogP contribution in [-0.2, 0) is 11.2 Å². The van der Waals surface area contributed by atoms with Crippen LogP contribution >= 0.6 is 0 Å². The summed E-state index contributed by atoms with van der Waals surface area (Å²) in [7, 11) is 0. The number of benzene rings is 1. The summed E-state index contributed by atoms with van der Waals surface area (Å²) in [6.45, 7) is 2.13. The summed E-state index contributed by atoms with van der Waals surface area (Å²) >= 11 is 0. The number of rotatable bonds is 4. The SMILES string of the molecule is CC1CCCC1C(=O)Cc1ccc([N+](=O)[O-])cc1. The molecular weight excluding hydrogens is 230 g/mol. The standard InChI is InChI=1S/C14H17NO3/c1-10-3-2-4-13(10)14(16)9-11-5-7-12(8-6-11)15(17)18/h5-8,10,13H,2-4,9H2,1H3. The summed E-state index contributed by atoms with van der Waals surface area (Å²) in [6, 6.07) is 6.27. The normalized spacial score (nSPS) is 22.9. The average molecular weight is 247 g/mol. The van der Waals surface area contributed by atoms with Crippen molar-refractivity contribution in [1.29, 1.82) is 0 Å². The molecule has 0 saturated heterocycles. The van der Waals surface area contributed by atoms with Crippen LogP contribution in [0.25, 0.3) is 0 Å². The number of hydrogen-bond donors (Lipinski definition) is 0. The van der Waals surface area contributed by atoms with Crippen LogP contribution in [0.1, 0.15) is 31.7 Å². The van der Waals surface area contributed by atoms with Crippen LogP contribution in [0.15, 0.2) is 24.3 Å². The van der Waals surface area contributed by atoms with Gasteiger partial charge in [0.15, 0.2) is 0 Å². The molecule has 1 aromatic rings. The fourth-order valence-electron chi connectivity index (χ4n) is 2.69. The summed E-state index contributed by atoms with van der Waals surface area (Å²) in [5.41, 5.74) is 0.935. The van der Waals surface area contributed by atoms with Crippen LogP contribution in [0, 0.1) is 22.0 Å². The number of Topliss-reactive ketones (excluding diaryl/α,β-unsaturated/α-hetero) is 1. The molecule has 2 rings (SSSR count). The van der Waals surface area contributed by atoms with E-state index in [0.717, 1.165) is 24.8 Å². The number of nitrogens with zero attached hydrogens (tertiary/aromatic N) is 1. The zero-order valence-corrected chi connectivity index (χ0v) is 10.5. The number of carbonyl (C=O) groups excluding carboxylic acids is 1. The summed E-state index contributed by atoms with van der Waals surface area (Å²) in [6.07, 6.45) is 3.66. The van der Waals surface area contributed by atoms with E-state index < -0.39 is 4.92 Å². The van der Waals surface area contributed by atoms with E-state index in [2.05, 4.69) is 6.92 Å². The Bertz CT molecular complexity index is 453. The summed E-state index contributed by atoms with van der Waals surface area (Å²) < 4.78 is 0. The Morgan fingerprint density at radius 1 is 1.33 bits per heavy atom. The highest BCUT2D eigenvalue weighted by molar-refractivity contribution is 5.83. The van der Waals surface area contributed by atoms with E-state index in [1.165, 1.54) is 12.1 Å². The monoisotopic (exact) mass is 247 g/mol. The predicted octanol–water partition coefficient (Wildman–Crippen LogP) is 3.14. The molecule has 1 saturated carbocycles. The lowest BCUT2D eigenvalue weighted by atomic mass is 9.90. The van der Waals surface area contributed by atoms with Gasteiger partial charge < -0.3 is 0 Å². The van der Waals surface area contributed by atoms with Crippen LogP contribution in [0.2, 0.25) is 0 Å². The van der Waals surface area contributed by atoms with Crippen LogP contribution in [0.5, 0.6) is 0 Å². The van der Waals surface area contributed by atoms with Crippen molar-refractivity contribution in [3.05, 3.63) is 39.9 Å². The third kappa shape index (κ3) is 2.75. The minimum absolute atomic E-state index is 0.0698. The van der Waals surface area contributed by atoms with Gasteiger partial charge in [0.25, 0.3) is 5.69 Å². The second-order valence-corrected chi connectivity index (χ2v) is 5.08. The Morgan fingerprint density at radius 3 is 2.50 bits per heavy atom. The van der Waals surface area contributed by atoms with E-state index in [1.807, 2.05) is 0 Å². The van der Waals surface area contributed by atoms with Crippen molar-refractivity contribution in [3.63, 3.8) is 0 Å². The molecule has 0 bridgehead atoms. The third-order valence-corrected chi connectivity index (χ3v) is 3.80. The summed E-state index contributed by atoms with van der Waals surface area (Å²) in [4.78, 5) is 22.2. The van der Waals surface area contributed by atoms with Gasteiger partial charge in [0.2, 0.25) is 0 Å². The molecule has 96 valence electrons. The average Bonchev–Trinajstić information content (AvgIpc) is 2.76. The molecule has 18 heavy (non-hydrogen) atoms. The lowest BCUT2D eigenvalue weighted by molar-refractivity contribution is -0.384. The Hall–Kier alpha value is -1.71. The van der Waals surface area contributed by atoms with E-state index in [1.54, 1.807) is 12.1 Å². The first-order valence-electron chi connectivity index (χ1n) is 6.34. The minimum atomic E-state index is -0.426. The van der Waals surface area contributed by atoms with Gasteiger partial charge in [0.1, 0.15) is 5.78 Å². The molecule has 0 amide bonds. The Labute approximate surface area is 106 Å². The number of hydrogen-bond acceptors (Lipinski definition) is 3. The van der Waals surface area contributed by atoms with Gasteiger partial charge in [-0.3, -0.25) is 14.9 Å². The third-order valence-electron chi connectivity index (χ3n) is 3.80. The number of non-ortho nitro benzene ring substituents is 1. The maximum atomic E-state index is 12.1. The van der Waals surface area contributed by atoms with Crippen molar-refractivity contribution in [3.8, 4) is 0 Å². The second kappa shape index (κ2) is 5.29. The number of ketones is 1. The maximum Gasteiger partial charge on any atom is 0.269 e. The van der Waals surface area contributed by atoms with Crippen LogP contribution in [-0.4, -0.2) is 10.7 Å². The van der Waals surface area contributed by atoms with Crippen molar-refractivity contribution in [2.24, 2.45) is 11.8 Å². The molecule has 1 fully saturated rings. The highest BCUT2D eigenvalue weighted by Gasteiger charge is 2.29. The Balaban J connectivity index is 2.00. The van der Waals surface area contributed by atoms with Gasteiger partial charge >= 0.3 is 0 Å². The molecule has 4 nitrogen and oxygen atoms in total. The predicted molar refractivity (Wildman–Crippen MR) is 68.3 cm³/mol. The van der Waals surface area contributed by atoms with Crippen LogP contribution in [0.3, 0.4) is 0 Å². The first kappa shape index (κ1) is 12.7. The van der Waals surface area contributed by atoms with Crippen molar-refractivity contribution in [2.75, 3.05) is 0 Å². The van der Waals surface area contributed by atoms with Gasteiger partial charge in [-0.25, -0.2) is 0 Å². The molecule has 0 spiro atoms. The number of nitro groups is 1. The maximum absolute atomic E-state index is 12.1. The zero-order chi connectivity index (χ0) is 13.1. The molecular formula is C14H17NO3. The molecule has 4 heteroatoms. The van der Waals surface area contributed by atoms with Gasteiger partial charge in [0.05, 0.1) is 4.92 Å². The zero-order valence-electron chi connectivity index (χ0n) is 10.5. The molecule has 2 unspecified atom stereocenters. The largest absolute Gasteiger partial charge is 0.299 e. The molecule has 2 atom stereocenters. The first-order valence-corrected chi connectivity index (χ1v) is 6.34. The smallest absolute Gasteiger partial charge is 0.269 e. The first-order chi connectivity index (χ1) is 8.58. The molecule has 0 aliphatic heterocycles. The van der Waals surface area contributed by atoms with Gasteiger partial charge in [-0.1, -0.05) is 25.5 Å². The number of nitro benzene ring substituents is 1. The molecule has 1 aromatic carbocycles. The molecule has 0 aromatic heterocycles. The quantitative estimate of drug-likeness (QED) is 0.606. The molecule has 0 heterocycles. The number of carbonyl (C=O) groups is 1. The highest BCUT2D eigenvalue weighted by Crippen LogP contribution is 2.32. The van der Waals surface area contributed by atoms with E-state index >= 15 is 0 Å². The van der Waals surface area contributed by atoms with Crippen LogP contribution in [0.4, 0.5) is 5.69 Å². The lowest BCUT2D eigenvalue weighted by Crippen LogP contribution is -2.18. The van der Waals surface area contributed by atoms with Crippen LogP contribution < -0.4 is 0 Å². The lowest BCUT2D eigenvalue weighted by Gasteiger charge is -2.13. The van der Waals surface area contributed by atoms with Gasteiger partial charge in [-0.2, -0.15) is 0 Å². The Kier molecular flexibility index (Phi) is 3.75. The van der Waals surface area contributed by atoms with Crippen molar-refractivity contribution in [2.45, 2.75) is 32.6 Å². The van der Waals surface area contributed by atoms with E-state index in [9.17, 15) is 14.9 Å². The fourth-order valence-corrected chi connectivity index (χ4v) is 2.69. The molecule has 1 aliphatic carbocycles. The summed E-state index contributed by atoms with van der Waals surface area (Å²) in [5, 5.41) is 10.5. The van der Waals surface area contributed by atoms with E-state index in [-0.39, 0.29) is 17.4 Å². The van der Waals surface area contributed by atoms with Gasteiger partial charge in [-0.05, 0) is 24.3 Å². The fraction of sp³-hybridized carbons (Fsp3) is 0.500. The van der Waals surface area contributed by atoms with Crippen molar-refractivity contribution >= 4 is 11.5 Å². The Morgan fingerprint density at radius 2 is 2.00 bits per heavy atom. The van der Waals surface area contributed by atoms with Gasteiger partial charge in [-0.15, -0.1) is 0 Å².